The third-order valence-corrected chi connectivity index (χ3v) is 4.94. The summed E-state index contributed by atoms with van der Waals surface area (Å²) in [4.78, 5) is 10.8. The normalized spacial score (nSPS) is 11.5. The van der Waals surface area contributed by atoms with Crippen LogP contribution in [0.25, 0.3) is 11.5 Å². The summed E-state index contributed by atoms with van der Waals surface area (Å²) in [5.41, 5.74) is 3.72. The number of rotatable bonds is 6. The van der Waals surface area contributed by atoms with Crippen LogP contribution in [0, 0.1) is 17.0 Å². The minimum Gasteiger partial charge on any atom is -0.502 e. The lowest BCUT2D eigenvalue weighted by Crippen LogP contribution is -2.38. The molecule has 0 fully saturated rings. The fourth-order valence-corrected chi connectivity index (χ4v) is 3.40. The Kier molecular flexibility index (Phi) is 6.54. The second-order valence-corrected chi connectivity index (χ2v) is 7.16. The first-order chi connectivity index (χ1) is 14.4. The summed E-state index contributed by atoms with van der Waals surface area (Å²) in [5.74, 6) is -0.0769. The van der Waals surface area contributed by atoms with Gasteiger partial charge in [-0.25, -0.2) is 0 Å². The number of aliphatic hydroxyl groups is 1. The first-order valence-electron chi connectivity index (χ1n) is 9.46. The van der Waals surface area contributed by atoms with E-state index in [-0.39, 0.29) is 11.4 Å². The summed E-state index contributed by atoms with van der Waals surface area (Å²) in [6.07, 6.45) is 4.48. The Morgan fingerprint density at radius 3 is 2.47 bits per heavy atom. The van der Waals surface area contributed by atoms with Crippen molar-refractivity contribution in [1.82, 2.24) is 0 Å². The van der Waals surface area contributed by atoms with Gasteiger partial charge in [-0.15, -0.1) is 0 Å². The third kappa shape index (κ3) is 4.69. The SMILES string of the molecule is CCc1ccccc1NC(=S)/C(=C(/O)c1ccc([N+](=O)[O-])cc1)[n+]1cccc(C)c1. The van der Waals surface area contributed by atoms with E-state index in [2.05, 4.69) is 12.2 Å². The minimum absolute atomic E-state index is 0.0473. The van der Waals surface area contributed by atoms with Crippen molar-refractivity contribution in [1.29, 1.82) is 0 Å². The van der Waals surface area contributed by atoms with Crippen molar-refractivity contribution in [2.45, 2.75) is 20.3 Å². The van der Waals surface area contributed by atoms with Crippen molar-refractivity contribution < 1.29 is 14.6 Å². The number of aliphatic hydroxyl groups excluding tert-OH is 1. The van der Waals surface area contributed by atoms with Gasteiger partial charge in [-0.05, 0) is 43.2 Å². The molecule has 0 bridgehead atoms. The molecule has 2 N–H and O–H groups in total. The molecule has 0 aliphatic heterocycles. The first kappa shape index (κ1) is 21.1. The van der Waals surface area contributed by atoms with Gasteiger partial charge >= 0.3 is 0 Å². The molecule has 1 heterocycles. The van der Waals surface area contributed by atoms with Gasteiger partial charge < -0.3 is 10.4 Å². The molecule has 0 unspecified atom stereocenters. The largest absolute Gasteiger partial charge is 0.502 e. The van der Waals surface area contributed by atoms with Crippen molar-refractivity contribution in [3.05, 3.63) is 99.9 Å². The van der Waals surface area contributed by atoms with Crippen LogP contribution in [0.4, 0.5) is 11.4 Å². The van der Waals surface area contributed by atoms with E-state index >= 15 is 0 Å². The van der Waals surface area contributed by atoms with E-state index in [1.54, 1.807) is 10.8 Å². The molecule has 0 aliphatic carbocycles. The van der Waals surface area contributed by atoms with Crippen LogP contribution in [0.1, 0.15) is 23.6 Å². The number of non-ortho nitro benzene ring substituents is 1. The molecule has 2 aromatic carbocycles. The molecule has 0 radical (unpaired) electrons. The molecule has 6 nitrogen and oxygen atoms in total. The second-order valence-electron chi connectivity index (χ2n) is 6.75. The maximum Gasteiger partial charge on any atom is 0.288 e. The predicted molar refractivity (Wildman–Crippen MR) is 122 cm³/mol. The van der Waals surface area contributed by atoms with Crippen molar-refractivity contribution in [3.63, 3.8) is 0 Å². The number of pyridine rings is 1. The van der Waals surface area contributed by atoms with Gasteiger partial charge in [0.2, 0.25) is 0 Å². The van der Waals surface area contributed by atoms with Crippen molar-refractivity contribution in [2.75, 3.05) is 5.32 Å². The summed E-state index contributed by atoms with van der Waals surface area (Å²) >= 11 is 5.68. The summed E-state index contributed by atoms with van der Waals surface area (Å²) in [5, 5.41) is 25.3. The van der Waals surface area contributed by atoms with Gasteiger partial charge in [-0.2, -0.15) is 4.57 Å². The second kappa shape index (κ2) is 9.28. The monoisotopic (exact) mass is 420 g/mol. The number of nitrogens with one attached hydrogen (secondary N) is 1. The van der Waals surface area contributed by atoms with Crippen LogP contribution in [-0.4, -0.2) is 15.0 Å². The standard InChI is InChI=1S/C23H21N3O3S/c1-3-17-8-4-5-9-20(17)24-23(30)21(25-14-6-7-16(2)15-25)22(27)18-10-12-19(13-11-18)26(28)29/h4-15H,3H2,1-2H3,(H-,24,27,30)/p+1. The fourth-order valence-electron chi connectivity index (χ4n) is 3.09. The maximum absolute atomic E-state index is 11.1. The lowest BCUT2D eigenvalue weighted by Gasteiger charge is -2.13. The number of thiocarbonyl (C=S) groups is 1. The van der Waals surface area contributed by atoms with Gasteiger partial charge in [0.05, 0.1) is 4.92 Å². The first-order valence-corrected chi connectivity index (χ1v) is 9.87. The lowest BCUT2D eigenvalue weighted by atomic mass is 10.1. The Morgan fingerprint density at radius 1 is 1.13 bits per heavy atom. The number of aryl methyl sites for hydroxylation is 2. The number of nitro groups is 1. The molecule has 0 saturated carbocycles. The Balaban J connectivity index is 2.09. The highest BCUT2D eigenvalue weighted by atomic mass is 32.1. The van der Waals surface area contributed by atoms with E-state index in [1.807, 2.05) is 49.5 Å². The Labute approximate surface area is 180 Å². The minimum atomic E-state index is -0.478. The molecule has 0 aliphatic rings. The number of hydrogen-bond donors (Lipinski definition) is 2. The van der Waals surface area contributed by atoms with Crippen LogP contribution in [0.15, 0.2) is 73.1 Å². The van der Waals surface area contributed by atoms with E-state index in [1.165, 1.54) is 24.3 Å². The molecule has 3 rings (SSSR count). The average Bonchev–Trinajstić information content (AvgIpc) is 2.74. The summed E-state index contributed by atoms with van der Waals surface area (Å²) in [7, 11) is 0. The van der Waals surface area contributed by atoms with Crippen molar-refractivity contribution >= 4 is 40.0 Å². The zero-order valence-corrected chi connectivity index (χ0v) is 17.5. The van der Waals surface area contributed by atoms with Crippen LogP contribution >= 0.6 is 12.2 Å². The quantitative estimate of drug-likeness (QED) is 0.145. The molecule has 0 amide bonds. The fraction of sp³-hybridized carbons (Fsp3) is 0.130. The number of nitro benzene ring substituents is 1. The molecular formula is C23H22N3O3S+. The van der Waals surface area contributed by atoms with E-state index in [4.69, 9.17) is 12.2 Å². The number of hydrogen-bond acceptors (Lipinski definition) is 4. The van der Waals surface area contributed by atoms with Crippen LogP contribution < -0.4 is 9.88 Å². The van der Waals surface area contributed by atoms with Crippen LogP contribution in [0.2, 0.25) is 0 Å². The Morgan fingerprint density at radius 2 is 1.83 bits per heavy atom. The van der Waals surface area contributed by atoms with Crippen molar-refractivity contribution in [3.8, 4) is 0 Å². The summed E-state index contributed by atoms with van der Waals surface area (Å²) in [6, 6.07) is 17.4. The lowest BCUT2D eigenvalue weighted by molar-refractivity contribution is -0.576. The van der Waals surface area contributed by atoms with Gasteiger partial charge in [-0.1, -0.05) is 37.3 Å². The molecule has 0 atom stereocenters. The molecule has 152 valence electrons. The van der Waals surface area contributed by atoms with E-state index in [0.29, 0.717) is 16.2 Å². The molecule has 0 saturated heterocycles. The van der Waals surface area contributed by atoms with Gasteiger partial charge in [0.1, 0.15) is 0 Å². The number of nitrogens with zero attached hydrogens (tertiary/aromatic N) is 2. The van der Waals surface area contributed by atoms with E-state index in [0.717, 1.165) is 23.2 Å². The highest BCUT2D eigenvalue weighted by Crippen LogP contribution is 2.23. The number of para-hydroxylation sites is 1. The summed E-state index contributed by atoms with van der Waals surface area (Å²) < 4.78 is 1.75. The van der Waals surface area contributed by atoms with E-state index < -0.39 is 4.92 Å². The zero-order valence-electron chi connectivity index (χ0n) is 16.7. The zero-order chi connectivity index (χ0) is 21.7. The third-order valence-electron chi connectivity index (χ3n) is 4.64. The van der Waals surface area contributed by atoms with Gasteiger partial charge in [0.15, 0.2) is 23.1 Å². The average molecular weight is 421 g/mol. The topological polar surface area (TPSA) is 79.3 Å². The number of aromatic nitrogens is 1. The van der Waals surface area contributed by atoms with Crippen molar-refractivity contribution in [2.24, 2.45) is 0 Å². The van der Waals surface area contributed by atoms with Gasteiger partial charge in [0.25, 0.3) is 11.4 Å². The van der Waals surface area contributed by atoms with E-state index in [9.17, 15) is 15.2 Å². The molecule has 7 heteroatoms. The van der Waals surface area contributed by atoms with Gasteiger partial charge in [-0.3, -0.25) is 10.1 Å². The molecule has 1 aromatic heterocycles. The highest BCUT2D eigenvalue weighted by Gasteiger charge is 2.25. The molecule has 30 heavy (non-hydrogen) atoms. The Hall–Kier alpha value is -3.58. The summed E-state index contributed by atoms with van der Waals surface area (Å²) in [6.45, 7) is 4.00. The molecule has 3 aromatic rings. The number of anilines is 1. The molecular weight excluding hydrogens is 398 g/mol. The van der Waals surface area contributed by atoms with Crippen LogP contribution in [0.3, 0.4) is 0 Å². The number of benzene rings is 2. The smallest absolute Gasteiger partial charge is 0.288 e. The molecule has 0 spiro atoms. The predicted octanol–water partition coefficient (Wildman–Crippen LogP) is 5.08. The maximum atomic E-state index is 11.1. The Bertz CT molecular complexity index is 1120. The van der Waals surface area contributed by atoms with Crippen LogP contribution in [-0.2, 0) is 6.42 Å². The van der Waals surface area contributed by atoms with Crippen LogP contribution in [0.5, 0.6) is 0 Å². The highest BCUT2D eigenvalue weighted by molar-refractivity contribution is 7.81. The van der Waals surface area contributed by atoms with Gasteiger partial charge in [0, 0.05) is 35.0 Å².